The minimum absolute atomic E-state index is 0.0670. The molecule has 1 aliphatic carbocycles. The lowest BCUT2D eigenvalue weighted by Gasteiger charge is -2.22. The van der Waals surface area contributed by atoms with Gasteiger partial charge in [0, 0.05) is 18.2 Å². The van der Waals surface area contributed by atoms with Crippen molar-refractivity contribution in [2.75, 3.05) is 25.8 Å². The first-order valence-corrected chi connectivity index (χ1v) is 11.0. The molecule has 1 aromatic heterocycles. The molecule has 9 heteroatoms. The summed E-state index contributed by atoms with van der Waals surface area (Å²) in [6.07, 6.45) is 2.09. The smallest absolute Gasteiger partial charge is 0.233 e. The number of methoxy groups -OCH3 is 2. The Kier molecular flexibility index (Phi) is 6.31. The van der Waals surface area contributed by atoms with Crippen LogP contribution in [0.5, 0.6) is 11.5 Å². The fraction of sp³-hybridized carbons (Fsp3) is 0.318. The molecule has 1 amide bonds. The molecule has 31 heavy (non-hydrogen) atoms. The summed E-state index contributed by atoms with van der Waals surface area (Å²) in [6, 6.07) is 15.5. The van der Waals surface area contributed by atoms with E-state index in [1.54, 1.807) is 14.2 Å². The van der Waals surface area contributed by atoms with Crippen molar-refractivity contribution in [3.05, 3.63) is 54.1 Å². The third kappa shape index (κ3) is 4.93. The van der Waals surface area contributed by atoms with Gasteiger partial charge < -0.3 is 20.2 Å². The number of carbonyl (C=O) groups excluding carboxylic acids is 1. The first kappa shape index (κ1) is 21.0. The van der Waals surface area contributed by atoms with Gasteiger partial charge in [0.1, 0.15) is 11.5 Å². The molecule has 1 heterocycles. The molecule has 2 N–H and O–H groups in total. The number of rotatable bonds is 9. The molecule has 0 bridgehead atoms. The maximum absolute atomic E-state index is 13.0. The van der Waals surface area contributed by atoms with Gasteiger partial charge >= 0.3 is 0 Å². The average Bonchev–Trinajstić information content (AvgIpc) is 3.59. The first-order valence-electron chi connectivity index (χ1n) is 9.99. The van der Waals surface area contributed by atoms with Crippen LogP contribution in [0.3, 0.4) is 0 Å². The minimum atomic E-state index is 0.0670. The highest BCUT2D eigenvalue weighted by Crippen LogP contribution is 2.30. The zero-order chi connectivity index (χ0) is 21.8. The summed E-state index contributed by atoms with van der Waals surface area (Å²) in [6.45, 7) is 0.584. The number of thioether (sulfide) groups is 1. The Morgan fingerprint density at radius 1 is 1.06 bits per heavy atom. The second kappa shape index (κ2) is 9.30. The molecule has 1 fully saturated rings. The minimum Gasteiger partial charge on any atom is -0.497 e. The van der Waals surface area contributed by atoms with Crippen LogP contribution in [-0.2, 0) is 11.3 Å². The number of benzene rings is 2. The van der Waals surface area contributed by atoms with Gasteiger partial charge in [-0.25, -0.2) is 4.68 Å². The van der Waals surface area contributed by atoms with Crippen molar-refractivity contribution >= 4 is 17.7 Å². The fourth-order valence-electron chi connectivity index (χ4n) is 3.26. The van der Waals surface area contributed by atoms with E-state index in [9.17, 15) is 4.79 Å². The predicted octanol–water partition coefficient (Wildman–Crippen LogP) is 2.96. The topological polar surface area (TPSA) is 95.5 Å². The van der Waals surface area contributed by atoms with E-state index in [-0.39, 0.29) is 11.7 Å². The van der Waals surface area contributed by atoms with Crippen LogP contribution in [0.2, 0.25) is 0 Å². The molecule has 3 aromatic rings. The summed E-state index contributed by atoms with van der Waals surface area (Å²) in [5, 5.41) is 8.85. The molecular formula is C22H25N5O3S. The predicted molar refractivity (Wildman–Crippen MR) is 119 cm³/mol. The lowest BCUT2D eigenvalue weighted by Crippen LogP contribution is -2.34. The Hall–Kier alpha value is -3.20. The van der Waals surface area contributed by atoms with Gasteiger partial charge in [-0.1, -0.05) is 23.9 Å². The molecule has 0 unspecified atom stereocenters. The number of aromatic nitrogens is 3. The standard InChI is InChI=1S/C22H25N5O3S/c1-29-18-9-3-15(4-10-18)13-26(17-7-8-17)20(28)14-31-22-25-24-21(27(22)23)16-5-11-19(30-2)12-6-16/h3-6,9-12,17H,7-8,13-14,23H2,1-2H3. The first-order chi connectivity index (χ1) is 15.1. The number of nitrogens with zero attached hydrogens (tertiary/aromatic N) is 4. The van der Waals surface area contributed by atoms with Crippen molar-refractivity contribution in [2.24, 2.45) is 0 Å². The molecule has 0 atom stereocenters. The zero-order valence-electron chi connectivity index (χ0n) is 17.5. The fourth-order valence-corrected chi connectivity index (χ4v) is 4.00. The molecule has 1 saturated carbocycles. The third-order valence-corrected chi connectivity index (χ3v) is 6.09. The number of carbonyl (C=O) groups is 1. The number of nitrogens with two attached hydrogens (primary N) is 1. The quantitative estimate of drug-likeness (QED) is 0.404. The van der Waals surface area contributed by atoms with Crippen molar-refractivity contribution in [3.63, 3.8) is 0 Å². The van der Waals surface area contributed by atoms with E-state index in [1.807, 2.05) is 53.4 Å². The third-order valence-electron chi connectivity index (χ3n) is 5.16. The summed E-state index contributed by atoms with van der Waals surface area (Å²) >= 11 is 1.30. The summed E-state index contributed by atoms with van der Waals surface area (Å²) in [7, 11) is 3.26. The Bertz CT molecular complexity index is 1030. The van der Waals surface area contributed by atoms with E-state index in [0.29, 0.717) is 23.6 Å². The monoisotopic (exact) mass is 439 g/mol. The van der Waals surface area contributed by atoms with E-state index < -0.39 is 0 Å². The number of hydrogen-bond donors (Lipinski definition) is 1. The molecule has 8 nitrogen and oxygen atoms in total. The van der Waals surface area contributed by atoms with Crippen molar-refractivity contribution in [1.82, 2.24) is 19.8 Å². The van der Waals surface area contributed by atoms with Gasteiger partial charge in [-0.3, -0.25) is 4.79 Å². The van der Waals surface area contributed by atoms with Gasteiger partial charge in [-0.05, 0) is 54.8 Å². The van der Waals surface area contributed by atoms with E-state index in [1.165, 1.54) is 16.4 Å². The maximum atomic E-state index is 13.0. The van der Waals surface area contributed by atoms with Gasteiger partial charge in [0.25, 0.3) is 0 Å². The second-order valence-corrected chi connectivity index (χ2v) is 8.24. The van der Waals surface area contributed by atoms with Gasteiger partial charge in [-0.2, -0.15) is 0 Å². The highest BCUT2D eigenvalue weighted by atomic mass is 32.2. The second-order valence-electron chi connectivity index (χ2n) is 7.29. The Labute approximate surface area is 185 Å². The molecular weight excluding hydrogens is 414 g/mol. The number of hydrogen-bond acceptors (Lipinski definition) is 7. The Morgan fingerprint density at radius 2 is 1.68 bits per heavy atom. The van der Waals surface area contributed by atoms with E-state index in [2.05, 4.69) is 10.2 Å². The number of nitrogen functional groups attached to an aromatic ring is 1. The molecule has 2 aromatic carbocycles. The molecule has 0 saturated heterocycles. The van der Waals surface area contributed by atoms with Crippen molar-refractivity contribution < 1.29 is 14.3 Å². The van der Waals surface area contributed by atoms with E-state index in [0.717, 1.165) is 35.5 Å². The highest BCUT2D eigenvalue weighted by molar-refractivity contribution is 7.99. The number of amides is 1. The molecule has 1 aliphatic rings. The lowest BCUT2D eigenvalue weighted by molar-refractivity contribution is -0.129. The van der Waals surface area contributed by atoms with Gasteiger partial charge in [0.15, 0.2) is 5.82 Å². The Morgan fingerprint density at radius 3 is 2.26 bits per heavy atom. The largest absolute Gasteiger partial charge is 0.497 e. The van der Waals surface area contributed by atoms with Crippen molar-refractivity contribution in [2.45, 2.75) is 30.6 Å². The molecule has 4 rings (SSSR count). The zero-order valence-corrected chi connectivity index (χ0v) is 18.3. The van der Waals surface area contributed by atoms with Crippen LogP contribution >= 0.6 is 11.8 Å². The normalized spacial score (nSPS) is 13.1. The maximum Gasteiger partial charge on any atom is 0.233 e. The van der Waals surface area contributed by atoms with Crippen LogP contribution in [0.1, 0.15) is 18.4 Å². The summed E-state index contributed by atoms with van der Waals surface area (Å²) in [5.74, 6) is 8.61. The summed E-state index contributed by atoms with van der Waals surface area (Å²) < 4.78 is 11.8. The van der Waals surface area contributed by atoms with Crippen molar-refractivity contribution in [3.8, 4) is 22.9 Å². The van der Waals surface area contributed by atoms with Crippen LogP contribution in [-0.4, -0.2) is 51.7 Å². The highest BCUT2D eigenvalue weighted by Gasteiger charge is 2.32. The van der Waals surface area contributed by atoms with Gasteiger partial charge in [0.05, 0.1) is 20.0 Å². The molecule has 0 radical (unpaired) electrons. The van der Waals surface area contributed by atoms with Crippen LogP contribution in [0.15, 0.2) is 53.7 Å². The van der Waals surface area contributed by atoms with Gasteiger partial charge in [0.2, 0.25) is 11.1 Å². The van der Waals surface area contributed by atoms with Gasteiger partial charge in [-0.15, -0.1) is 10.2 Å². The van der Waals surface area contributed by atoms with Crippen LogP contribution in [0.25, 0.3) is 11.4 Å². The SMILES string of the molecule is COc1ccc(CN(C(=O)CSc2nnc(-c3ccc(OC)cc3)n2N)C2CC2)cc1. The van der Waals surface area contributed by atoms with E-state index >= 15 is 0 Å². The van der Waals surface area contributed by atoms with E-state index in [4.69, 9.17) is 15.3 Å². The Balaban J connectivity index is 1.40. The lowest BCUT2D eigenvalue weighted by atomic mass is 10.2. The average molecular weight is 440 g/mol. The van der Waals surface area contributed by atoms with Crippen LogP contribution < -0.4 is 15.3 Å². The van der Waals surface area contributed by atoms with Crippen LogP contribution in [0.4, 0.5) is 0 Å². The van der Waals surface area contributed by atoms with Crippen molar-refractivity contribution in [1.29, 1.82) is 0 Å². The summed E-state index contributed by atoms with van der Waals surface area (Å²) in [4.78, 5) is 14.9. The number of ether oxygens (including phenoxy) is 2. The molecule has 162 valence electrons. The summed E-state index contributed by atoms with van der Waals surface area (Å²) in [5.41, 5.74) is 1.91. The molecule has 0 aliphatic heterocycles. The molecule has 0 spiro atoms. The van der Waals surface area contributed by atoms with Crippen LogP contribution in [0, 0.1) is 0 Å².